The molecule has 0 saturated heterocycles. The maximum Gasteiger partial charge on any atom is 0.401 e. The van der Waals surface area contributed by atoms with Crippen LogP contribution in [-0.4, -0.2) is 22.2 Å². The number of anilines is 2. The van der Waals surface area contributed by atoms with Gasteiger partial charge in [-0.05, 0) is 36.1 Å². The predicted octanol–water partition coefficient (Wildman–Crippen LogP) is 4.48. The molecule has 3 N–H and O–H groups in total. The summed E-state index contributed by atoms with van der Waals surface area (Å²) in [6.07, 6.45) is -2.29. The molecule has 4 rings (SSSR count). The highest BCUT2D eigenvalue weighted by atomic mass is 19.4. The third kappa shape index (κ3) is 3.74. The topological polar surface area (TPSA) is 94.0 Å². The second kappa shape index (κ2) is 7.47. The van der Waals surface area contributed by atoms with E-state index in [1.807, 2.05) is 18.2 Å². The van der Waals surface area contributed by atoms with Crippen LogP contribution in [0.1, 0.15) is 30.6 Å². The molecule has 156 valence electrons. The molecule has 0 unspecified atom stereocenters. The van der Waals surface area contributed by atoms with Gasteiger partial charge in [-0.1, -0.05) is 35.8 Å². The van der Waals surface area contributed by atoms with Gasteiger partial charge >= 0.3 is 6.18 Å². The number of nitrogens with one attached hydrogen (secondary N) is 1. The zero-order valence-electron chi connectivity index (χ0n) is 15.9. The van der Waals surface area contributed by atoms with Crippen molar-refractivity contribution in [3.8, 4) is 11.1 Å². The fraction of sp³-hybridized carbons (Fsp3) is 0.286. The van der Waals surface area contributed by atoms with Gasteiger partial charge in [0.25, 0.3) is 0 Å². The fourth-order valence-corrected chi connectivity index (χ4v) is 3.52. The average Bonchev–Trinajstić information content (AvgIpc) is 3.09. The van der Waals surface area contributed by atoms with Crippen molar-refractivity contribution in [2.75, 3.05) is 11.1 Å². The van der Waals surface area contributed by atoms with E-state index in [2.05, 4.69) is 15.5 Å². The third-order valence-corrected chi connectivity index (χ3v) is 5.44. The summed E-state index contributed by atoms with van der Waals surface area (Å²) in [5.41, 5.74) is 6.15. The Morgan fingerprint density at radius 1 is 1.13 bits per heavy atom. The lowest BCUT2D eigenvalue weighted by Crippen LogP contribution is -2.47. The molecule has 30 heavy (non-hydrogen) atoms. The molecule has 3 aromatic rings. The van der Waals surface area contributed by atoms with E-state index >= 15 is 0 Å². The first-order valence-corrected chi connectivity index (χ1v) is 9.41. The van der Waals surface area contributed by atoms with E-state index in [-0.39, 0.29) is 30.8 Å². The summed E-state index contributed by atoms with van der Waals surface area (Å²) < 4.78 is 45.1. The maximum atomic E-state index is 13.4. The van der Waals surface area contributed by atoms with Crippen LogP contribution < -0.4 is 11.1 Å². The number of hydrogen-bond donors (Lipinski definition) is 2. The van der Waals surface area contributed by atoms with Gasteiger partial charge in [0, 0.05) is 17.8 Å². The number of nitrogens with two attached hydrogens (primary N) is 1. The average molecular weight is 416 g/mol. The first-order chi connectivity index (χ1) is 14.3. The summed E-state index contributed by atoms with van der Waals surface area (Å²) in [4.78, 5) is 16.3. The Kier molecular flexibility index (Phi) is 4.97. The van der Waals surface area contributed by atoms with E-state index in [4.69, 9.17) is 10.3 Å². The normalized spacial score (nSPS) is 15.4. The van der Waals surface area contributed by atoms with Crippen LogP contribution in [0.3, 0.4) is 0 Å². The van der Waals surface area contributed by atoms with Crippen molar-refractivity contribution in [3.63, 3.8) is 0 Å². The van der Waals surface area contributed by atoms with E-state index in [9.17, 15) is 18.0 Å². The monoisotopic (exact) mass is 416 g/mol. The SMILES string of the molecule is Nc1ccc(-c2ccc(CC(=O)Nc3cc(C4(C(F)(F)F)CCC4)on3)cc2)cn1. The zero-order chi connectivity index (χ0) is 21.4. The third-order valence-electron chi connectivity index (χ3n) is 5.44. The highest BCUT2D eigenvalue weighted by Crippen LogP contribution is 2.54. The summed E-state index contributed by atoms with van der Waals surface area (Å²) in [6.45, 7) is 0. The number of aromatic nitrogens is 2. The standard InChI is InChI=1S/C21H19F3N4O2/c22-21(23,24)20(8-1-9-20)16-11-18(28-30-16)27-19(29)10-13-2-4-14(5-3-13)15-6-7-17(25)26-12-15/h2-7,11-12H,1,8-10H2,(H2,25,26)(H,27,28,29). The Balaban J connectivity index is 1.39. The van der Waals surface area contributed by atoms with Crippen molar-refractivity contribution in [3.05, 3.63) is 60.0 Å². The molecule has 1 amide bonds. The molecule has 1 fully saturated rings. The van der Waals surface area contributed by atoms with Crippen LogP contribution in [0.5, 0.6) is 0 Å². The summed E-state index contributed by atoms with van der Waals surface area (Å²) in [7, 11) is 0. The molecule has 2 heterocycles. The van der Waals surface area contributed by atoms with Crippen molar-refractivity contribution >= 4 is 17.5 Å². The van der Waals surface area contributed by atoms with E-state index in [1.165, 1.54) is 6.07 Å². The number of hydrogen-bond acceptors (Lipinski definition) is 5. The quantitative estimate of drug-likeness (QED) is 0.639. The van der Waals surface area contributed by atoms with Gasteiger partial charge in [0.15, 0.2) is 11.6 Å². The Morgan fingerprint density at radius 2 is 1.83 bits per heavy atom. The van der Waals surface area contributed by atoms with Gasteiger partial charge in [-0.2, -0.15) is 13.2 Å². The maximum absolute atomic E-state index is 13.4. The Labute approximate surface area is 170 Å². The summed E-state index contributed by atoms with van der Waals surface area (Å²) in [5.74, 6) is -0.235. The van der Waals surface area contributed by atoms with E-state index in [1.54, 1.807) is 24.4 Å². The molecule has 1 aromatic carbocycles. The molecule has 2 aromatic heterocycles. The number of benzene rings is 1. The predicted molar refractivity (Wildman–Crippen MR) is 105 cm³/mol. The van der Waals surface area contributed by atoms with Gasteiger partial charge in [-0.25, -0.2) is 4.98 Å². The molecule has 0 atom stereocenters. The molecule has 1 aliphatic carbocycles. The van der Waals surface area contributed by atoms with Gasteiger partial charge < -0.3 is 15.6 Å². The van der Waals surface area contributed by atoms with Crippen LogP contribution in [0.25, 0.3) is 11.1 Å². The van der Waals surface area contributed by atoms with Gasteiger partial charge in [0.1, 0.15) is 11.2 Å². The largest absolute Gasteiger partial charge is 0.401 e. The molecular weight excluding hydrogens is 397 g/mol. The smallest absolute Gasteiger partial charge is 0.384 e. The molecule has 1 saturated carbocycles. The molecule has 0 radical (unpaired) electrons. The number of carbonyl (C=O) groups is 1. The van der Waals surface area contributed by atoms with Crippen molar-refractivity contribution in [2.24, 2.45) is 0 Å². The highest BCUT2D eigenvalue weighted by molar-refractivity contribution is 5.91. The lowest BCUT2D eigenvalue weighted by Gasteiger charge is -2.40. The minimum Gasteiger partial charge on any atom is -0.384 e. The molecule has 6 nitrogen and oxygen atoms in total. The minimum atomic E-state index is -4.41. The lowest BCUT2D eigenvalue weighted by molar-refractivity contribution is -0.218. The summed E-state index contributed by atoms with van der Waals surface area (Å²) in [6, 6.07) is 12.0. The molecular formula is C21H19F3N4O2. The van der Waals surface area contributed by atoms with Gasteiger partial charge in [0.2, 0.25) is 5.91 Å². The number of carbonyl (C=O) groups excluding carboxylic acids is 1. The Bertz CT molecular complexity index is 1040. The first-order valence-electron chi connectivity index (χ1n) is 9.41. The number of rotatable bonds is 5. The van der Waals surface area contributed by atoms with Crippen molar-refractivity contribution in [1.82, 2.24) is 10.1 Å². The van der Waals surface area contributed by atoms with Crippen LogP contribution >= 0.6 is 0 Å². The molecule has 0 bridgehead atoms. The number of nitrogen functional groups attached to an aromatic ring is 1. The summed E-state index contributed by atoms with van der Waals surface area (Å²) in [5, 5.41) is 6.10. The van der Waals surface area contributed by atoms with Gasteiger partial charge in [-0.3, -0.25) is 4.79 Å². The number of nitrogens with zero attached hydrogens (tertiary/aromatic N) is 2. The fourth-order valence-electron chi connectivity index (χ4n) is 3.52. The number of pyridine rings is 1. The minimum absolute atomic E-state index is 0.0184. The van der Waals surface area contributed by atoms with Crippen LogP contribution in [0.2, 0.25) is 0 Å². The van der Waals surface area contributed by atoms with E-state index in [0.717, 1.165) is 16.7 Å². The van der Waals surface area contributed by atoms with Crippen molar-refractivity contribution < 1.29 is 22.5 Å². The first kappa shape index (κ1) is 19.9. The Morgan fingerprint density at radius 3 is 2.40 bits per heavy atom. The van der Waals surface area contributed by atoms with Crippen molar-refractivity contribution in [1.29, 1.82) is 0 Å². The van der Waals surface area contributed by atoms with Crippen LogP contribution in [-0.2, 0) is 16.6 Å². The Hall–Kier alpha value is -3.36. The van der Waals surface area contributed by atoms with Gasteiger partial charge in [-0.15, -0.1) is 0 Å². The molecule has 0 spiro atoms. The zero-order valence-corrected chi connectivity index (χ0v) is 15.9. The second-order valence-corrected chi connectivity index (χ2v) is 7.40. The second-order valence-electron chi connectivity index (χ2n) is 7.40. The lowest BCUT2D eigenvalue weighted by atomic mass is 9.66. The molecule has 9 heteroatoms. The van der Waals surface area contributed by atoms with E-state index < -0.39 is 17.5 Å². The van der Waals surface area contributed by atoms with Crippen LogP contribution in [0.15, 0.2) is 53.2 Å². The molecule has 0 aliphatic heterocycles. The van der Waals surface area contributed by atoms with Crippen LogP contribution in [0, 0.1) is 0 Å². The number of halogens is 3. The summed E-state index contributed by atoms with van der Waals surface area (Å²) >= 11 is 0. The van der Waals surface area contributed by atoms with Crippen LogP contribution in [0.4, 0.5) is 24.8 Å². The van der Waals surface area contributed by atoms with E-state index in [0.29, 0.717) is 12.2 Å². The highest BCUT2D eigenvalue weighted by Gasteiger charge is 2.61. The number of alkyl halides is 3. The molecule has 1 aliphatic rings. The number of amides is 1. The van der Waals surface area contributed by atoms with Gasteiger partial charge in [0.05, 0.1) is 6.42 Å². The van der Waals surface area contributed by atoms with Crippen molar-refractivity contribution in [2.45, 2.75) is 37.3 Å².